The number of aromatic nitrogens is 1. The Hall–Kier alpha value is -3.38. The van der Waals surface area contributed by atoms with Crippen LogP contribution in [0, 0.1) is 12.3 Å². The highest BCUT2D eigenvalue weighted by Crippen LogP contribution is 2.43. The second-order valence-electron chi connectivity index (χ2n) is 12.2. The molecular weight excluding hydrogens is 488 g/mol. The summed E-state index contributed by atoms with van der Waals surface area (Å²) in [6.45, 7) is 14.4. The Labute approximate surface area is 233 Å². The van der Waals surface area contributed by atoms with Crippen molar-refractivity contribution < 1.29 is 19.4 Å². The Balaban J connectivity index is 1.69. The molecule has 39 heavy (non-hydrogen) atoms. The number of carboxylic acids is 1. The van der Waals surface area contributed by atoms with Crippen LogP contribution >= 0.6 is 0 Å². The molecule has 0 saturated carbocycles. The van der Waals surface area contributed by atoms with Gasteiger partial charge in [-0.3, -0.25) is 4.98 Å². The average molecular weight is 531 g/mol. The molecule has 0 amide bonds. The van der Waals surface area contributed by atoms with Gasteiger partial charge in [0.2, 0.25) is 0 Å². The zero-order chi connectivity index (χ0) is 28.2. The number of carbonyl (C=O) groups is 1. The molecule has 6 heteroatoms. The van der Waals surface area contributed by atoms with Crippen molar-refractivity contribution in [3.05, 3.63) is 77.6 Å². The smallest absolute Gasteiger partial charge is 0.337 e. The minimum atomic E-state index is -1.12. The predicted octanol–water partition coefficient (Wildman–Crippen LogP) is 7.25. The molecule has 1 saturated heterocycles. The van der Waals surface area contributed by atoms with E-state index in [0.717, 1.165) is 54.9 Å². The number of aryl methyl sites for hydroxylation is 1. The highest BCUT2D eigenvalue weighted by molar-refractivity contribution is 5.86. The molecule has 208 valence electrons. The monoisotopic (exact) mass is 530 g/mol. The molecular formula is C33H42N2O4. The number of rotatable bonds is 9. The lowest BCUT2D eigenvalue weighted by Gasteiger charge is -2.41. The van der Waals surface area contributed by atoms with E-state index in [4.69, 9.17) is 9.47 Å². The molecule has 2 heterocycles. The Morgan fingerprint density at radius 3 is 2.28 bits per heavy atom. The number of pyridine rings is 1. The topological polar surface area (TPSA) is 71.9 Å². The third-order valence-corrected chi connectivity index (χ3v) is 7.35. The summed E-state index contributed by atoms with van der Waals surface area (Å²) in [5, 5.41) is 10.3. The van der Waals surface area contributed by atoms with Crippen LogP contribution in [-0.2, 0) is 16.0 Å². The molecule has 1 aliphatic heterocycles. The van der Waals surface area contributed by atoms with Gasteiger partial charge in [0.15, 0.2) is 6.10 Å². The quantitative estimate of drug-likeness (QED) is 0.314. The van der Waals surface area contributed by atoms with Crippen molar-refractivity contribution in [3.8, 4) is 16.9 Å². The van der Waals surface area contributed by atoms with Crippen molar-refractivity contribution in [1.82, 2.24) is 4.98 Å². The van der Waals surface area contributed by atoms with Gasteiger partial charge in [-0.25, -0.2) is 4.79 Å². The fraction of sp³-hybridized carbons (Fsp3) is 0.455. The zero-order valence-corrected chi connectivity index (χ0v) is 24.2. The van der Waals surface area contributed by atoms with Crippen molar-refractivity contribution in [2.24, 2.45) is 5.41 Å². The lowest BCUT2D eigenvalue weighted by Crippen LogP contribution is -2.39. The van der Waals surface area contributed by atoms with Crippen LogP contribution in [0.1, 0.15) is 70.4 Å². The van der Waals surface area contributed by atoms with E-state index in [9.17, 15) is 9.90 Å². The zero-order valence-electron chi connectivity index (χ0n) is 24.2. The Morgan fingerprint density at radius 1 is 1.05 bits per heavy atom. The highest BCUT2D eigenvalue weighted by Gasteiger charge is 2.35. The molecule has 2 aromatic carbocycles. The van der Waals surface area contributed by atoms with E-state index < -0.39 is 17.7 Å². The van der Waals surface area contributed by atoms with Crippen LogP contribution in [0.3, 0.4) is 0 Å². The van der Waals surface area contributed by atoms with Crippen molar-refractivity contribution in [3.63, 3.8) is 0 Å². The van der Waals surface area contributed by atoms with Crippen LogP contribution in [0.25, 0.3) is 11.1 Å². The summed E-state index contributed by atoms with van der Waals surface area (Å²) in [6, 6.07) is 18.3. The van der Waals surface area contributed by atoms with Gasteiger partial charge in [0, 0.05) is 42.5 Å². The van der Waals surface area contributed by atoms with Crippen LogP contribution in [0.15, 0.2) is 60.8 Å². The number of nitrogens with zero attached hydrogens (tertiary/aromatic N) is 2. The van der Waals surface area contributed by atoms with Crippen molar-refractivity contribution in [2.75, 3.05) is 24.6 Å². The molecule has 0 aliphatic carbocycles. The first kappa shape index (κ1) is 28.6. The second kappa shape index (κ2) is 11.8. The summed E-state index contributed by atoms with van der Waals surface area (Å²) in [5.41, 5.74) is 4.97. The molecule has 1 fully saturated rings. The molecule has 0 radical (unpaired) electrons. The fourth-order valence-electron chi connectivity index (χ4n) is 5.06. The van der Waals surface area contributed by atoms with E-state index >= 15 is 0 Å². The molecule has 1 N–H and O–H groups in total. The SMILES string of the molecule is Cc1ncc(-c2ccc(OCCc3ccccc3)cc2)c(N2CCC(C)(C)CC2)c1[C@H](OC(C)(C)C)C(=O)O. The van der Waals surface area contributed by atoms with Crippen LogP contribution in [0.2, 0.25) is 0 Å². The van der Waals surface area contributed by atoms with E-state index in [1.165, 1.54) is 5.56 Å². The number of benzene rings is 2. The minimum absolute atomic E-state index is 0.256. The Kier molecular flexibility index (Phi) is 8.65. The number of hydrogen-bond donors (Lipinski definition) is 1. The summed E-state index contributed by atoms with van der Waals surface area (Å²) in [5.74, 6) is -0.205. The van der Waals surface area contributed by atoms with Crippen molar-refractivity contribution in [2.45, 2.75) is 72.5 Å². The number of carboxylic acid groups (broad SMARTS) is 1. The largest absolute Gasteiger partial charge is 0.493 e. The van der Waals surface area contributed by atoms with Crippen molar-refractivity contribution in [1.29, 1.82) is 0 Å². The van der Waals surface area contributed by atoms with Crippen LogP contribution < -0.4 is 9.64 Å². The van der Waals surface area contributed by atoms with Gasteiger partial charge in [0.1, 0.15) is 5.75 Å². The maximum Gasteiger partial charge on any atom is 0.337 e. The molecule has 0 bridgehead atoms. The standard InChI is InChI=1S/C33H42N2O4/c1-23-28(30(31(36)37)39-32(2,3)4)29(35-19-17-33(5,6)18-20-35)27(22-34-23)25-12-14-26(15-13-25)38-21-16-24-10-8-7-9-11-24/h7-15,22,30H,16-21H2,1-6H3,(H,36,37)/t30-/m0/s1. The maximum absolute atomic E-state index is 12.6. The highest BCUT2D eigenvalue weighted by atomic mass is 16.5. The van der Waals surface area contributed by atoms with Gasteiger partial charge >= 0.3 is 5.97 Å². The molecule has 0 unspecified atom stereocenters. The molecule has 3 aromatic rings. The third-order valence-electron chi connectivity index (χ3n) is 7.35. The molecule has 1 aromatic heterocycles. The second-order valence-corrected chi connectivity index (χ2v) is 12.2. The van der Waals surface area contributed by atoms with Gasteiger partial charge < -0.3 is 19.5 Å². The number of anilines is 1. The number of hydrogen-bond acceptors (Lipinski definition) is 5. The minimum Gasteiger partial charge on any atom is -0.493 e. The number of aliphatic carboxylic acids is 1. The molecule has 6 nitrogen and oxygen atoms in total. The normalized spacial score (nSPS) is 16.1. The van der Waals surface area contributed by atoms with Crippen LogP contribution in [-0.4, -0.2) is 41.4 Å². The third kappa shape index (κ3) is 7.39. The first-order valence-corrected chi connectivity index (χ1v) is 13.9. The maximum atomic E-state index is 12.6. The van der Waals surface area contributed by atoms with Crippen LogP contribution in [0.5, 0.6) is 5.75 Å². The Bertz CT molecular complexity index is 1250. The van der Waals surface area contributed by atoms with E-state index in [1.54, 1.807) is 0 Å². The fourth-order valence-corrected chi connectivity index (χ4v) is 5.06. The van der Waals surface area contributed by atoms with Gasteiger partial charge in [0.25, 0.3) is 0 Å². The van der Waals surface area contributed by atoms with E-state index in [2.05, 4.69) is 35.9 Å². The summed E-state index contributed by atoms with van der Waals surface area (Å²) >= 11 is 0. The lowest BCUT2D eigenvalue weighted by molar-refractivity contribution is -0.160. The molecule has 1 atom stereocenters. The lowest BCUT2D eigenvalue weighted by atomic mass is 9.82. The van der Waals surface area contributed by atoms with Gasteiger partial charge in [-0.1, -0.05) is 56.3 Å². The van der Waals surface area contributed by atoms with Gasteiger partial charge in [-0.2, -0.15) is 0 Å². The Morgan fingerprint density at radius 2 is 1.69 bits per heavy atom. The van der Waals surface area contributed by atoms with E-state index in [0.29, 0.717) is 17.9 Å². The number of ether oxygens (including phenoxy) is 2. The molecule has 4 rings (SSSR count). The van der Waals surface area contributed by atoms with Gasteiger partial charge in [-0.15, -0.1) is 0 Å². The first-order valence-electron chi connectivity index (χ1n) is 13.9. The van der Waals surface area contributed by atoms with Gasteiger partial charge in [-0.05, 0) is 69.2 Å². The molecule has 1 aliphatic rings. The van der Waals surface area contributed by atoms with Gasteiger partial charge in [0.05, 0.1) is 17.9 Å². The van der Waals surface area contributed by atoms with Crippen molar-refractivity contribution >= 4 is 11.7 Å². The summed E-state index contributed by atoms with van der Waals surface area (Å²) in [7, 11) is 0. The average Bonchev–Trinajstić information content (AvgIpc) is 2.88. The summed E-state index contributed by atoms with van der Waals surface area (Å²) in [6.07, 6.45) is 3.64. The predicted molar refractivity (Wildman–Crippen MR) is 156 cm³/mol. The van der Waals surface area contributed by atoms with E-state index in [-0.39, 0.29) is 5.41 Å². The summed E-state index contributed by atoms with van der Waals surface area (Å²) < 4.78 is 12.2. The molecule has 0 spiro atoms. The van der Waals surface area contributed by atoms with Crippen LogP contribution in [0.4, 0.5) is 5.69 Å². The van der Waals surface area contributed by atoms with E-state index in [1.807, 2.05) is 76.4 Å². The first-order chi connectivity index (χ1) is 18.4. The number of piperidine rings is 1. The summed E-state index contributed by atoms with van der Waals surface area (Å²) in [4.78, 5) is 19.6.